The van der Waals surface area contributed by atoms with Crippen molar-refractivity contribution in [2.45, 2.75) is 32.0 Å². The van der Waals surface area contributed by atoms with Crippen LogP contribution in [0.3, 0.4) is 0 Å². The van der Waals surface area contributed by atoms with E-state index in [1.54, 1.807) is 36.8 Å². The average molecular weight is 484 g/mol. The summed E-state index contributed by atoms with van der Waals surface area (Å²) >= 11 is 0. The van der Waals surface area contributed by atoms with Crippen molar-refractivity contribution in [2.75, 3.05) is 30.8 Å². The van der Waals surface area contributed by atoms with Crippen LogP contribution in [-0.4, -0.2) is 40.9 Å². The molecular weight excluding hydrogens is 455 g/mol. The second-order valence-electron chi connectivity index (χ2n) is 8.93. The number of hydrogen-bond donors (Lipinski definition) is 2. The van der Waals surface area contributed by atoms with Gasteiger partial charge in [0.05, 0.1) is 11.1 Å². The fourth-order valence-corrected chi connectivity index (χ4v) is 4.26. The highest BCUT2D eigenvalue weighted by Crippen LogP contribution is 2.33. The molecule has 1 fully saturated rings. The van der Waals surface area contributed by atoms with E-state index in [1.165, 1.54) is 6.07 Å². The highest BCUT2D eigenvalue weighted by Gasteiger charge is 2.32. The first-order valence-electron chi connectivity index (χ1n) is 11.6. The van der Waals surface area contributed by atoms with Crippen LogP contribution in [0.5, 0.6) is 0 Å². The van der Waals surface area contributed by atoms with Crippen LogP contribution in [-0.2, 0) is 19.1 Å². The molecule has 2 aromatic heterocycles. The van der Waals surface area contributed by atoms with Gasteiger partial charge in [-0.05, 0) is 98.9 Å². The maximum Gasteiger partial charge on any atom is 0.416 e. The van der Waals surface area contributed by atoms with E-state index in [0.717, 1.165) is 37.6 Å². The van der Waals surface area contributed by atoms with Crippen molar-refractivity contribution in [1.29, 1.82) is 0 Å². The van der Waals surface area contributed by atoms with Gasteiger partial charge in [0.25, 0.3) is 5.91 Å². The molecule has 0 atom stereocenters. The number of carbonyl (C=O) groups excluding carboxylic acids is 1. The molecule has 0 bridgehead atoms. The van der Waals surface area contributed by atoms with Crippen molar-refractivity contribution in [2.24, 2.45) is 5.92 Å². The lowest BCUT2D eigenvalue weighted by molar-refractivity contribution is -0.137. The standard InChI is InChI=1S/C26H28F3N5O/c1-34-11-6-18(7-12-34)13-20-14-21(26(27,28)29)16-22(15-20)33-25(35)23-3-2-8-31-24(23)32-17-19-4-9-30-10-5-19/h2-5,8-10,14-16,18H,6-7,11-13,17H2,1H3,(H,31,32)(H,33,35). The molecule has 0 aliphatic carbocycles. The lowest BCUT2D eigenvalue weighted by Gasteiger charge is -2.29. The minimum absolute atomic E-state index is 0.122. The largest absolute Gasteiger partial charge is 0.416 e. The summed E-state index contributed by atoms with van der Waals surface area (Å²) in [7, 11) is 2.05. The zero-order valence-corrected chi connectivity index (χ0v) is 19.5. The Hall–Kier alpha value is -3.46. The summed E-state index contributed by atoms with van der Waals surface area (Å²) in [5.74, 6) is 0.140. The van der Waals surface area contributed by atoms with E-state index >= 15 is 0 Å². The molecule has 1 amide bonds. The molecular formula is C26H28F3N5O. The van der Waals surface area contributed by atoms with Gasteiger partial charge in [-0.1, -0.05) is 0 Å². The third-order valence-electron chi connectivity index (χ3n) is 6.20. The Morgan fingerprint density at radius 3 is 2.51 bits per heavy atom. The first-order chi connectivity index (χ1) is 16.8. The number of hydrogen-bond acceptors (Lipinski definition) is 5. The van der Waals surface area contributed by atoms with Gasteiger partial charge in [-0.3, -0.25) is 9.78 Å². The van der Waals surface area contributed by atoms with Gasteiger partial charge < -0.3 is 15.5 Å². The van der Waals surface area contributed by atoms with Gasteiger partial charge in [0.15, 0.2) is 0 Å². The Kier molecular flexibility index (Phi) is 7.65. The zero-order valence-electron chi connectivity index (χ0n) is 19.5. The van der Waals surface area contributed by atoms with E-state index in [-0.39, 0.29) is 11.3 Å². The molecule has 35 heavy (non-hydrogen) atoms. The molecule has 0 unspecified atom stereocenters. The third-order valence-corrected chi connectivity index (χ3v) is 6.20. The SMILES string of the molecule is CN1CCC(Cc2cc(NC(=O)c3cccnc3NCc3ccncc3)cc(C(F)(F)F)c2)CC1. The number of piperidine rings is 1. The fourth-order valence-electron chi connectivity index (χ4n) is 4.26. The van der Waals surface area contributed by atoms with Crippen molar-refractivity contribution >= 4 is 17.4 Å². The molecule has 1 aliphatic rings. The summed E-state index contributed by atoms with van der Waals surface area (Å²) in [4.78, 5) is 23.5. The number of carbonyl (C=O) groups is 1. The number of alkyl halides is 3. The second-order valence-corrected chi connectivity index (χ2v) is 8.93. The van der Waals surface area contributed by atoms with Crippen LogP contribution in [0.25, 0.3) is 0 Å². The van der Waals surface area contributed by atoms with E-state index in [9.17, 15) is 18.0 Å². The zero-order chi connectivity index (χ0) is 24.8. The monoisotopic (exact) mass is 483 g/mol. The van der Waals surface area contributed by atoms with Gasteiger partial charge in [-0.15, -0.1) is 0 Å². The Bertz CT molecular complexity index is 1150. The first kappa shape index (κ1) is 24.7. The van der Waals surface area contributed by atoms with Crippen LogP contribution < -0.4 is 10.6 Å². The fraction of sp³-hybridized carbons (Fsp3) is 0.346. The van der Waals surface area contributed by atoms with Gasteiger partial charge in [0.1, 0.15) is 5.82 Å². The number of rotatable bonds is 7. The highest BCUT2D eigenvalue weighted by molar-refractivity contribution is 6.07. The number of nitrogens with zero attached hydrogens (tertiary/aromatic N) is 3. The van der Waals surface area contributed by atoms with Gasteiger partial charge in [0.2, 0.25) is 0 Å². The van der Waals surface area contributed by atoms with Crippen LogP contribution >= 0.6 is 0 Å². The van der Waals surface area contributed by atoms with Gasteiger partial charge in [0, 0.05) is 30.8 Å². The molecule has 6 nitrogen and oxygen atoms in total. The summed E-state index contributed by atoms with van der Waals surface area (Å²) in [6.45, 7) is 2.29. The van der Waals surface area contributed by atoms with Crippen LogP contribution in [0.15, 0.2) is 61.1 Å². The number of pyridine rings is 2. The molecule has 1 aromatic carbocycles. The Morgan fingerprint density at radius 1 is 1.06 bits per heavy atom. The predicted octanol–water partition coefficient (Wildman–Crippen LogP) is 5.24. The Labute approximate surface area is 202 Å². The van der Waals surface area contributed by atoms with Crippen LogP contribution in [0.2, 0.25) is 0 Å². The van der Waals surface area contributed by atoms with Crippen molar-refractivity contribution in [1.82, 2.24) is 14.9 Å². The molecule has 184 valence electrons. The molecule has 0 saturated carbocycles. The van der Waals surface area contributed by atoms with Crippen LogP contribution in [0, 0.1) is 5.92 Å². The van der Waals surface area contributed by atoms with Crippen molar-refractivity contribution in [3.05, 3.63) is 83.3 Å². The summed E-state index contributed by atoms with van der Waals surface area (Å²) in [6.07, 6.45) is 2.81. The molecule has 2 N–H and O–H groups in total. The van der Waals surface area contributed by atoms with Crippen molar-refractivity contribution < 1.29 is 18.0 Å². The topological polar surface area (TPSA) is 70.2 Å². The lowest BCUT2D eigenvalue weighted by atomic mass is 9.89. The first-order valence-corrected chi connectivity index (χ1v) is 11.6. The summed E-state index contributed by atoms with van der Waals surface area (Å²) in [6, 6.07) is 10.7. The normalized spacial score (nSPS) is 15.1. The van der Waals surface area contributed by atoms with E-state index < -0.39 is 17.6 Å². The van der Waals surface area contributed by atoms with Gasteiger partial charge in [-0.25, -0.2) is 4.98 Å². The number of anilines is 2. The minimum Gasteiger partial charge on any atom is -0.365 e. The number of likely N-dealkylation sites (tertiary alicyclic amines) is 1. The predicted molar refractivity (Wildman–Crippen MR) is 129 cm³/mol. The number of halogens is 3. The second kappa shape index (κ2) is 10.9. The van der Waals surface area contributed by atoms with Crippen molar-refractivity contribution in [3.63, 3.8) is 0 Å². The van der Waals surface area contributed by atoms with Crippen LogP contribution in [0.4, 0.5) is 24.7 Å². The Balaban J connectivity index is 1.52. The molecule has 3 aromatic rings. The maximum atomic E-state index is 13.6. The van der Waals surface area contributed by atoms with Crippen LogP contribution in [0.1, 0.15) is 39.9 Å². The number of nitrogens with one attached hydrogen (secondary N) is 2. The van der Waals surface area contributed by atoms with Gasteiger partial charge in [-0.2, -0.15) is 13.2 Å². The Morgan fingerprint density at radius 2 is 1.80 bits per heavy atom. The number of aromatic nitrogens is 2. The molecule has 1 aliphatic heterocycles. The maximum absolute atomic E-state index is 13.6. The molecule has 0 spiro atoms. The van der Waals surface area contributed by atoms with Crippen molar-refractivity contribution in [3.8, 4) is 0 Å². The van der Waals surface area contributed by atoms with E-state index in [2.05, 4.69) is 25.5 Å². The third kappa shape index (κ3) is 6.79. The van der Waals surface area contributed by atoms with Gasteiger partial charge >= 0.3 is 6.18 Å². The summed E-state index contributed by atoms with van der Waals surface area (Å²) < 4.78 is 40.9. The van der Waals surface area contributed by atoms with E-state index in [0.29, 0.717) is 30.3 Å². The quantitative estimate of drug-likeness (QED) is 0.481. The minimum atomic E-state index is -4.51. The smallest absolute Gasteiger partial charge is 0.365 e. The number of benzene rings is 1. The molecule has 4 rings (SSSR count). The summed E-state index contributed by atoms with van der Waals surface area (Å²) in [5.41, 5.74) is 1.13. The summed E-state index contributed by atoms with van der Waals surface area (Å²) in [5, 5.41) is 5.77. The molecule has 1 saturated heterocycles. The molecule has 0 radical (unpaired) electrons. The van der Waals surface area contributed by atoms with E-state index in [1.807, 2.05) is 19.2 Å². The van der Waals surface area contributed by atoms with E-state index in [4.69, 9.17) is 0 Å². The highest BCUT2D eigenvalue weighted by atomic mass is 19.4. The number of amides is 1. The lowest BCUT2D eigenvalue weighted by Crippen LogP contribution is -2.31. The average Bonchev–Trinajstić information content (AvgIpc) is 2.84. The molecule has 3 heterocycles. The molecule has 9 heteroatoms.